The lowest BCUT2D eigenvalue weighted by atomic mass is 9.29. The number of terminal acetylenes is 1. The van der Waals surface area contributed by atoms with Crippen LogP contribution in [0.25, 0.3) is 0 Å². The van der Waals surface area contributed by atoms with Crippen LogP contribution in [0.4, 0.5) is 0 Å². The fourth-order valence-corrected chi connectivity index (χ4v) is 3.98. The SMILES string of the molecule is C#CCB(C1CCCCC1)C1CCCCC1. The van der Waals surface area contributed by atoms with Crippen LogP contribution in [0, 0.1) is 12.3 Å². The highest BCUT2D eigenvalue weighted by Gasteiger charge is 2.33. The van der Waals surface area contributed by atoms with Gasteiger partial charge in [0.25, 0.3) is 0 Å². The van der Waals surface area contributed by atoms with Crippen LogP contribution in [0.1, 0.15) is 64.2 Å². The van der Waals surface area contributed by atoms with Gasteiger partial charge in [-0.3, -0.25) is 0 Å². The first kappa shape index (κ1) is 12.1. The molecule has 0 aliphatic heterocycles. The molecule has 0 unspecified atom stereocenters. The zero-order valence-electron chi connectivity index (χ0n) is 10.6. The molecule has 2 aliphatic carbocycles. The van der Waals surface area contributed by atoms with Gasteiger partial charge in [-0.25, -0.2) is 0 Å². The molecule has 0 nitrogen and oxygen atoms in total. The van der Waals surface area contributed by atoms with Crippen LogP contribution in [0.15, 0.2) is 0 Å². The summed E-state index contributed by atoms with van der Waals surface area (Å²) >= 11 is 0. The Morgan fingerprint density at radius 2 is 1.25 bits per heavy atom. The third-order valence-corrected chi connectivity index (χ3v) is 4.86. The van der Waals surface area contributed by atoms with E-state index in [1.165, 1.54) is 64.2 Å². The average molecular weight is 216 g/mol. The van der Waals surface area contributed by atoms with Crippen LogP contribution in [-0.2, 0) is 0 Å². The highest BCUT2D eigenvalue weighted by molar-refractivity contribution is 6.62. The molecule has 88 valence electrons. The van der Waals surface area contributed by atoms with Gasteiger partial charge in [-0.2, -0.15) is 0 Å². The molecule has 0 aromatic rings. The topological polar surface area (TPSA) is 0 Å². The minimum Gasteiger partial charge on any atom is -0.121 e. The molecule has 0 aromatic carbocycles. The normalized spacial score (nSPS) is 23.9. The first-order valence-corrected chi connectivity index (χ1v) is 7.35. The zero-order valence-corrected chi connectivity index (χ0v) is 10.6. The predicted molar refractivity (Wildman–Crippen MR) is 73.1 cm³/mol. The molecule has 2 saturated carbocycles. The molecule has 0 bridgehead atoms. The summed E-state index contributed by atoms with van der Waals surface area (Å²) in [6, 6.07) is 0. The van der Waals surface area contributed by atoms with Crippen molar-refractivity contribution in [1.29, 1.82) is 0 Å². The van der Waals surface area contributed by atoms with Crippen molar-refractivity contribution in [3.8, 4) is 12.3 Å². The van der Waals surface area contributed by atoms with E-state index in [-0.39, 0.29) is 0 Å². The van der Waals surface area contributed by atoms with E-state index in [0.717, 1.165) is 24.7 Å². The fourth-order valence-electron chi connectivity index (χ4n) is 3.98. The largest absolute Gasteiger partial charge is 0.160 e. The van der Waals surface area contributed by atoms with Crippen molar-refractivity contribution in [2.24, 2.45) is 0 Å². The molecule has 2 rings (SSSR count). The second-order valence-corrected chi connectivity index (χ2v) is 5.87. The van der Waals surface area contributed by atoms with Gasteiger partial charge in [0, 0.05) is 0 Å². The summed E-state index contributed by atoms with van der Waals surface area (Å²) in [7, 11) is 0. The molecule has 0 radical (unpaired) electrons. The van der Waals surface area contributed by atoms with Crippen LogP contribution in [-0.4, -0.2) is 6.71 Å². The Labute approximate surface area is 102 Å². The minimum absolute atomic E-state index is 0.866. The summed E-state index contributed by atoms with van der Waals surface area (Å²) in [4.78, 5) is 0. The van der Waals surface area contributed by atoms with Crippen LogP contribution < -0.4 is 0 Å². The maximum atomic E-state index is 5.59. The third kappa shape index (κ3) is 3.06. The van der Waals surface area contributed by atoms with Gasteiger partial charge in [-0.05, 0) is 6.32 Å². The second-order valence-electron chi connectivity index (χ2n) is 5.87. The summed E-state index contributed by atoms with van der Waals surface area (Å²) in [5.74, 6) is 4.89. The van der Waals surface area contributed by atoms with E-state index in [4.69, 9.17) is 6.42 Å². The van der Waals surface area contributed by atoms with Crippen LogP contribution in [0.5, 0.6) is 0 Å². The van der Waals surface area contributed by atoms with Crippen LogP contribution in [0.3, 0.4) is 0 Å². The van der Waals surface area contributed by atoms with Gasteiger partial charge < -0.3 is 0 Å². The Bertz CT molecular complexity index is 210. The second kappa shape index (κ2) is 6.38. The van der Waals surface area contributed by atoms with Crippen molar-refractivity contribution in [3.05, 3.63) is 0 Å². The lowest BCUT2D eigenvalue weighted by molar-refractivity contribution is 0.461. The van der Waals surface area contributed by atoms with Crippen molar-refractivity contribution >= 4 is 6.71 Å². The molecule has 1 heteroatoms. The van der Waals surface area contributed by atoms with Gasteiger partial charge in [0.05, 0.1) is 0 Å². The summed E-state index contributed by atoms with van der Waals surface area (Å²) in [5, 5.41) is 0. The van der Waals surface area contributed by atoms with E-state index < -0.39 is 0 Å². The zero-order chi connectivity index (χ0) is 11.2. The van der Waals surface area contributed by atoms with Gasteiger partial charge in [0.15, 0.2) is 6.71 Å². The predicted octanol–water partition coefficient (Wildman–Crippen LogP) is 4.78. The van der Waals surface area contributed by atoms with E-state index >= 15 is 0 Å². The fraction of sp³-hybridized carbons (Fsp3) is 0.867. The van der Waals surface area contributed by atoms with E-state index in [1.807, 2.05) is 0 Å². The van der Waals surface area contributed by atoms with Gasteiger partial charge >= 0.3 is 0 Å². The van der Waals surface area contributed by atoms with Crippen LogP contribution >= 0.6 is 0 Å². The molecule has 0 heterocycles. The highest BCUT2D eigenvalue weighted by atomic mass is 14.2. The Morgan fingerprint density at radius 1 is 0.812 bits per heavy atom. The minimum atomic E-state index is 0.866. The van der Waals surface area contributed by atoms with Crippen molar-refractivity contribution in [3.63, 3.8) is 0 Å². The average Bonchev–Trinajstić information content (AvgIpc) is 2.38. The summed E-state index contributed by atoms with van der Waals surface area (Å²) in [5.41, 5.74) is 0. The monoisotopic (exact) mass is 216 g/mol. The summed E-state index contributed by atoms with van der Waals surface area (Å²) < 4.78 is 0. The molecule has 0 spiro atoms. The molecular formula is C15H25B. The Morgan fingerprint density at radius 3 is 1.62 bits per heavy atom. The third-order valence-electron chi connectivity index (χ3n) is 4.86. The van der Waals surface area contributed by atoms with Gasteiger partial charge in [-0.15, -0.1) is 12.3 Å². The van der Waals surface area contributed by atoms with E-state index in [2.05, 4.69) is 5.92 Å². The molecule has 2 fully saturated rings. The van der Waals surface area contributed by atoms with E-state index in [0.29, 0.717) is 0 Å². The quantitative estimate of drug-likeness (QED) is 0.470. The highest BCUT2D eigenvalue weighted by Crippen LogP contribution is 2.42. The van der Waals surface area contributed by atoms with Crippen molar-refractivity contribution < 1.29 is 0 Å². The molecule has 0 aromatic heterocycles. The van der Waals surface area contributed by atoms with Gasteiger partial charge in [0.1, 0.15) is 0 Å². The molecular weight excluding hydrogens is 191 g/mol. The van der Waals surface area contributed by atoms with E-state index in [9.17, 15) is 0 Å². The summed E-state index contributed by atoms with van der Waals surface area (Å²) in [6.45, 7) is 0.866. The standard InChI is InChI=1S/C15H25B/c1-2-13-16(14-9-5-3-6-10-14)15-11-7-4-8-12-15/h1,14-15H,3-13H2. The first-order chi connectivity index (χ1) is 7.92. The number of hydrogen-bond acceptors (Lipinski definition) is 0. The van der Waals surface area contributed by atoms with Crippen molar-refractivity contribution in [2.75, 3.05) is 0 Å². The molecule has 0 saturated heterocycles. The molecule has 0 amide bonds. The molecule has 0 N–H and O–H groups in total. The van der Waals surface area contributed by atoms with Gasteiger partial charge in [-0.1, -0.05) is 75.8 Å². The Kier molecular flexibility index (Phi) is 4.82. The van der Waals surface area contributed by atoms with Crippen molar-refractivity contribution in [1.82, 2.24) is 0 Å². The Hall–Kier alpha value is -0.375. The van der Waals surface area contributed by atoms with Gasteiger partial charge in [0.2, 0.25) is 0 Å². The maximum absolute atomic E-state index is 5.59. The number of hydrogen-bond donors (Lipinski definition) is 0. The van der Waals surface area contributed by atoms with Crippen LogP contribution in [0.2, 0.25) is 18.0 Å². The van der Waals surface area contributed by atoms with E-state index in [1.54, 1.807) is 0 Å². The lowest BCUT2D eigenvalue weighted by Crippen LogP contribution is -2.29. The Balaban J connectivity index is 1.94. The molecule has 0 atom stereocenters. The molecule has 2 aliphatic rings. The maximum Gasteiger partial charge on any atom is 0.160 e. The first-order valence-electron chi connectivity index (χ1n) is 7.35. The molecule has 16 heavy (non-hydrogen) atoms. The van der Waals surface area contributed by atoms with Crippen molar-refractivity contribution in [2.45, 2.75) is 82.2 Å². The smallest absolute Gasteiger partial charge is 0.121 e. The number of rotatable bonds is 3. The summed E-state index contributed by atoms with van der Waals surface area (Å²) in [6.07, 6.45) is 21.2. The lowest BCUT2D eigenvalue weighted by Gasteiger charge is -2.34.